The summed E-state index contributed by atoms with van der Waals surface area (Å²) in [5, 5.41) is 6.93. The van der Waals surface area contributed by atoms with Crippen molar-refractivity contribution in [2.45, 2.75) is 58.9 Å². The van der Waals surface area contributed by atoms with Crippen LogP contribution in [0.2, 0.25) is 0 Å². The summed E-state index contributed by atoms with van der Waals surface area (Å²) < 4.78 is 34.3. The van der Waals surface area contributed by atoms with Crippen LogP contribution in [0, 0.1) is 40.5 Å². The van der Waals surface area contributed by atoms with Gasteiger partial charge in [0.15, 0.2) is 10.7 Å². The molecular formula is C29H35N3O4S. The van der Waals surface area contributed by atoms with Gasteiger partial charge in [0.05, 0.1) is 5.92 Å². The first-order valence-electron chi connectivity index (χ1n) is 12.6. The van der Waals surface area contributed by atoms with E-state index in [2.05, 4.69) is 22.6 Å². The predicted molar refractivity (Wildman–Crippen MR) is 145 cm³/mol. The number of nitrogens with zero attached hydrogens (tertiary/aromatic N) is 2. The van der Waals surface area contributed by atoms with Crippen molar-refractivity contribution >= 4 is 28.1 Å². The number of rotatable bonds is 7. The van der Waals surface area contributed by atoms with Gasteiger partial charge in [0.1, 0.15) is 5.69 Å². The van der Waals surface area contributed by atoms with E-state index >= 15 is 0 Å². The molecule has 2 heterocycles. The van der Waals surface area contributed by atoms with Crippen molar-refractivity contribution < 1.29 is 17.7 Å². The molecule has 1 aromatic heterocycles. The van der Waals surface area contributed by atoms with Crippen LogP contribution in [0.4, 0.5) is 0 Å². The second-order valence-corrected chi connectivity index (χ2v) is 11.9. The number of amides is 1. The van der Waals surface area contributed by atoms with Crippen molar-refractivity contribution in [1.29, 1.82) is 0 Å². The number of aromatic nitrogens is 1. The lowest BCUT2D eigenvalue weighted by atomic mass is 9.98. The Bertz CT molecular complexity index is 1400. The zero-order chi connectivity index (χ0) is 26.7. The molecule has 0 saturated carbocycles. The first-order chi connectivity index (χ1) is 17.6. The number of hydrogen-bond donors (Lipinski definition) is 1. The maximum Gasteiger partial charge on any atom is 0.248 e. The first-order valence-corrected chi connectivity index (χ1v) is 14.1. The number of benzene rings is 2. The Kier molecular flexibility index (Phi) is 7.99. The Labute approximate surface area is 219 Å². The summed E-state index contributed by atoms with van der Waals surface area (Å²) in [6.45, 7) is 10.7. The summed E-state index contributed by atoms with van der Waals surface area (Å²) in [6, 6.07) is 12.2. The van der Waals surface area contributed by atoms with E-state index in [1.54, 1.807) is 13.0 Å². The zero-order valence-corrected chi connectivity index (χ0v) is 23.0. The quantitative estimate of drug-likeness (QED) is 0.467. The standard InChI is InChI=1S/C29H35N3O4S/c1-19-8-10-24(11-9-19)17-30-29(33)25-7-6-14-32(18-25)37(34,35)28-23(5)31-36-27(28)13-12-26-21(3)15-20(2)16-22(26)4/h8-13,15-16,25H,6-7,14,17-18H2,1-5H3,(H,30,33)/b13-12+/t25-/m0/s1. The van der Waals surface area contributed by atoms with Crippen LogP contribution in [-0.4, -0.2) is 36.9 Å². The van der Waals surface area contributed by atoms with E-state index in [0.29, 0.717) is 31.6 Å². The normalized spacial score (nSPS) is 16.8. The number of carbonyl (C=O) groups excluding carboxylic acids is 1. The average molecular weight is 522 g/mol. The predicted octanol–water partition coefficient (Wildman–Crippen LogP) is 5.10. The molecule has 1 N–H and O–H groups in total. The van der Waals surface area contributed by atoms with Crippen LogP contribution in [0.3, 0.4) is 0 Å². The highest BCUT2D eigenvalue weighted by molar-refractivity contribution is 7.89. The minimum Gasteiger partial charge on any atom is -0.355 e. The molecule has 37 heavy (non-hydrogen) atoms. The maximum absolute atomic E-state index is 13.7. The Balaban J connectivity index is 1.51. The van der Waals surface area contributed by atoms with Crippen molar-refractivity contribution in [3.63, 3.8) is 0 Å². The lowest BCUT2D eigenvalue weighted by Crippen LogP contribution is -2.45. The molecule has 1 aliphatic rings. The van der Waals surface area contributed by atoms with E-state index in [0.717, 1.165) is 27.8 Å². The number of hydrogen-bond acceptors (Lipinski definition) is 5. The molecular weight excluding hydrogens is 486 g/mol. The third-order valence-electron chi connectivity index (χ3n) is 6.91. The summed E-state index contributed by atoms with van der Waals surface area (Å²) in [7, 11) is -3.90. The fourth-order valence-corrected chi connectivity index (χ4v) is 6.73. The summed E-state index contributed by atoms with van der Waals surface area (Å²) in [5.41, 5.74) is 6.87. The second-order valence-electron chi connectivity index (χ2n) is 10.0. The zero-order valence-electron chi connectivity index (χ0n) is 22.2. The molecule has 0 aliphatic carbocycles. The largest absolute Gasteiger partial charge is 0.355 e. The number of sulfonamides is 1. The average Bonchev–Trinajstić information content (AvgIpc) is 3.24. The highest BCUT2D eigenvalue weighted by atomic mass is 32.2. The lowest BCUT2D eigenvalue weighted by molar-refractivity contribution is -0.126. The third kappa shape index (κ3) is 6.02. The van der Waals surface area contributed by atoms with Crippen LogP contribution in [-0.2, 0) is 21.4 Å². The fourth-order valence-electron chi connectivity index (χ4n) is 4.96. The summed E-state index contributed by atoms with van der Waals surface area (Å²) in [4.78, 5) is 13.0. The van der Waals surface area contributed by atoms with Crippen LogP contribution in [0.15, 0.2) is 45.8 Å². The monoisotopic (exact) mass is 521 g/mol. The Morgan fingerprint density at radius 2 is 1.73 bits per heavy atom. The third-order valence-corrected chi connectivity index (χ3v) is 8.94. The van der Waals surface area contributed by atoms with Gasteiger partial charge in [-0.25, -0.2) is 8.42 Å². The van der Waals surface area contributed by atoms with Crippen LogP contribution < -0.4 is 5.32 Å². The van der Waals surface area contributed by atoms with E-state index in [9.17, 15) is 13.2 Å². The van der Waals surface area contributed by atoms with Gasteiger partial charge in [0, 0.05) is 19.6 Å². The fraction of sp³-hybridized carbons (Fsp3) is 0.379. The molecule has 1 amide bonds. The first kappa shape index (κ1) is 26.8. The summed E-state index contributed by atoms with van der Waals surface area (Å²) in [5.74, 6) is -0.346. The van der Waals surface area contributed by atoms with Crippen LogP contribution >= 0.6 is 0 Å². The van der Waals surface area contributed by atoms with Crippen LogP contribution in [0.5, 0.6) is 0 Å². The van der Waals surface area contributed by atoms with Gasteiger partial charge in [-0.3, -0.25) is 4.79 Å². The molecule has 3 aromatic rings. The van der Waals surface area contributed by atoms with Gasteiger partial charge in [-0.2, -0.15) is 4.31 Å². The number of nitrogens with one attached hydrogen (secondary N) is 1. The summed E-state index contributed by atoms with van der Waals surface area (Å²) >= 11 is 0. The van der Waals surface area contributed by atoms with Crippen molar-refractivity contribution in [2.24, 2.45) is 5.92 Å². The lowest BCUT2D eigenvalue weighted by Gasteiger charge is -2.31. The van der Waals surface area contributed by atoms with Gasteiger partial charge in [-0.15, -0.1) is 0 Å². The highest BCUT2D eigenvalue weighted by Crippen LogP contribution is 2.30. The second kappa shape index (κ2) is 11.0. The van der Waals surface area contributed by atoms with Gasteiger partial charge < -0.3 is 9.84 Å². The van der Waals surface area contributed by atoms with E-state index < -0.39 is 15.9 Å². The highest BCUT2D eigenvalue weighted by Gasteiger charge is 2.36. The number of carbonyl (C=O) groups is 1. The molecule has 196 valence electrons. The molecule has 1 aliphatic heterocycles. The van der Waals surface area contributed by atoms with Gasteiger partial charge in [-0.05, 0) is 75.8 Å². The molecule has 2 aromatic carbocycles. The Morgan fingerprint density at radius 1 is 1.05 bits per heavy atom. The smallest absolute Gasteiger partial charge is 0.248 e. The maximum atomic E-state index is 13.7. The molecule has 0 spiro atoms. The molecule has 1 atom stereocenters. The summed E-state index contributed by atoms with van der Waals surface area (Å²) in [6.07, 6.45) is 4.81. The number of aryl methyl sites for hydroxylation is 5. The van der Waals surface area contributed by atoms with Gasteiger partial charge in [0.2, 0.25) is 15.9 Å². The van der Waals surface area contributed by atoms with E-state index in [4.69, 9.17) is 4.52 Å². The minimum atomic E-state index is -3.90. The minimum absolute atomic E-state index is 0.0619. The van der Waals surface area contributed by atoms with Gasteiger partial charge in [0.25, 0.3) is 0 Å². The van der Waals surface area contributed by atoms with Gasteiger partial charge in [-0.1, -0.05) is 58.8 Å². The molecule has 0 unspecified atom stereocenters. The molecule has 0 radical (unpaired) electrons. The van der Waals surface area contributed by atoms with Crippen LogP contribution in [0.1, 0.15) is 57.7 Å². The number of piperidine rings is 1. The SMILES string of the molecule is Cc1ccc(CNC(=O)[C@H]2CCCN(S(=O)(=O)c3c(C)noc3/C=C/c3c(C)cc(C)cc3C)C2)cc1. The molecule has 4 rings (SSSR count). The Morgan fingerprint density at radius 3 is 2.41 bits per heavy atom. The van der Waals surface area contributed by atoms with Crippen molar-refractivity contribution in [3.05, 3.63) is 81.2 Å². The molecule has 1 fully saturated rings. The molecule has 8 heteroatoms. The van der Waals surface area contributed by atoms with Crippen molar-refractivity contribution in [3.8, 4) is 0 Å². The Hall–Kier alpha value is -3.23. The van der Waals surface area contributed by atoms with E-state index in [1.807, 2.05) is 58.0 Å². The van der Waals surface area contributed by atoms with E-state index in [-0.39, 0.29) is 23.1 Å². The van der Waals surface area contributed by atoms with Crippen LogP contribution in [0.25, 0.3) is 12.2 Å². The molecule has 7 nitrogen and oxygen atoms in total. The molecule has 1 saturated heterocycles. The molecule has 0 bridgehead atoms. The topological polar surface area (TPSA) is 92.5 Å². The van der Waals surface area contributed by atoms with Crippen molar-refractivity contribution in [1.82, 2.24) is 14.8 Å². The van der Waals surface area contributed by atoms with Gasteiger partial charge >= 0.3 is 0 Å². The van der Waals surface area contributed by atoms with E-state index in [1.165, 1.54) is 9.87 Å². The van der Waals surface area contributed by atoms with Crippen molar-refractivity contribution in [2.75, 3.05) is 13.1 Å².